The Bertz CT molecular complexity index is 1190. The van der Waals surface area contributed by atoms with Crippen LogP contribution in [0.15, 0.2) is 30.3 Å². The van der Waals surface area contributed by atoms with Crippen LogP contribution in [0.1, 0.15) is 81.2 Å². The molecule has 0 amide bonds. The lowest BCUT2D eigenvalue weighted by atomic mass is 9.82. The molecule has 1 atom stereocenters. The third-order valence-corrected chi connectivity index (χ3v) is 13.7. The topological polar surface area (TPSA) is 67.3 Å². The van der Waals surface area contributed by atoms with Crippen molar-refractivity contribution in [3.8, 4) is 0 Å². The third-order valence-electron chi connectivity index (χ3n) is 7.86. The molecule has 190 valence electrons. The number of aromatic nitrogens is 2. The number of anilines is 1. The molecule has 0 radical (unpaired) electrons. The molecule has 0 saturated heterocycles. The Labute approximate surface area is 215 Å². The smallest absolute Gasteiger partial charge is 0.192 e. The summed E-state index contributed by atoms with van der Waals surface area (Å²) in [5.74, 6) is 1.58. The second kappa shape index (κ2) is 9.58. The molecule has 0 spiro atoms. The number of nitrogens with zero attached hydrogens (tertiary/aromatic N) is 2. The van der Waals surface area contributed by atoms with Gasteiger partial charge in [-0.1, -0.05) is 50.6 Å². The number of hydrogen-bond donors (Lipinski definition) is 2. The Morgan fingerprint density at radius 2 is 1.83 bits per heavy atom. The van der Waals surface area contributed by atoms with Crippen molar-refractivity contribution in [2.45, 2.75) is 103 Å². The second-order valence-electron chi connectivity index (χ2n) is 11.8. The predicted octanol–water partition coefficient (Wildman–Crippen LogP) is 7.63. The van der Waals surface area contributed by atoms with E-state index >= 15 is 0 Å². The van der Waals surface area contributed by atoms with Crippen LogP contribution in [0.5, 0.6) is 0 Å². The van der Waals surface area contributed by atoms with Gasteiger partial charge in [0.2, 0.25) is 0 Å². The summed E-state index contributed by atoms with van der Waals surface area (Å²) in [7, 11) is -1.81. The van der Waals surface area contributed by atoms with Gasteiger partial charge in [-0.2, -0.15) is 0 Å². The van der Waals surface area contributed by atoms with Gasteiger partial charge in [0, 0.05) is 17.0 Å². The first-order valence-electron chi connectivity index (χ1n) is 12.8. The minimum atomic E-state index is -1.81. The molecule has 2 heterocycles. The Kier molecular flexibility index (Phi) is 7.19. The molecule has 7 heteroatoms. The quantitative estimate of drug-likeness (QED) is 0.333. The Hall–Kier alpha value is -1.80. The standard InChI is InChI=1S/C28H41N3O2SSi/c1-18-10-9-11-21(16-18)19(2)29-26-25-23(30-20(3)31-26)17-24(34-25)28(32)14-12-22(13-15-28)33-35(7,8)27(4,5)6/h9-11,16-17,19,22,32H,12-15H2,1-8H3,(H,29,30,31)/t19-,22?,28?/m1/s1. The molecule has 3 aromatic rings. The summed E-state index contributed by atoms with van der Waals surface area (Å²) in [5, 5.41) is 15.5. The molecule has 0 aliphatic heterocycles. The Morgan fingerprint density at radius 3 is 2.46 bits per heavy atom. The minimum Gasteiger partial charge on any atom is -0.414 e. The number of thiophene rings is 1. The molecule has 5 nitrogen and oxygen atoms in total. The Morgan fingerprint density at radius 1 is 1.14 bits per heavy atom. The highest BCUT2D eigenvalue weighted by Crippen LogP contribution is 2.46. The van der Waals surface area contributed by atoms with Crippen LogP contribution in [0.3, 0.4) is 0 Å². The maximum atomic E-state index is 11.7. The maximum absolute atomic E-state index is 11.7. The average molecular weight is 512 g/mol. The monoisotopic (exact) mass is 511 g/mol. The first-order chi connectivity index (χ1) is 16.3. The van der Waals surface area contributed by atoms with Crippen LogP contribution in [-0.4, -0.2) is 29.5 Å². The zero-order chi connectivity index (χ0) is 25.6. The largest absolute Gasteiger partial charge is 0.414 e. The molecule has 1 aliphatic rings. The fraction of sp³-hybridized carbons (Fsp3) is 0.571. The van der Waals surface area contributed by atoms with Crippen LogP contribution in [0.4, 0.5) is 5.82 Å². The van der Waals surface area contributed by atoms with Gasteiger partial charge < -0.3 is 14.8 Å². The van der Waals surface area contributed by atoms with Gasteiger partial charge in [-0.3, -0.25) is 0 Å². The van der Waals surface area contributed by atoms with E-state index in [0.717, 1.165) is 39.6 Å². The van der Waals surface area contributed by atoms with Gasteiger partial charge in [0.05, 0.1) is 15.8 Å². The summed E-state index contributed by atoms with van der Waals surface area (Å²) >= 11 is 1.63. The van der Waals surface area contributed by atoms with E-state index in [9.17, 15) is 5.11 Å². The molecule has 0 bridgehead atoms. The van der Waals surface area contributed by atoms with Crippen LogP contribution in [0.2, 0.25) is 18.1 Å². The van der Waals surface area contributed by atoms with Crippen molar-refractivity contribution in [3.05, 3.63) is 52.2 Å². The van der Waals surface area contributed by atoms with Crippen LogP contribution in [-0.2, 0) is 10.0 Å². The molecular weight excluding hydrogens is 470 g/mol. The number of hydrogen-bond acceptors (Lipinski definition) is 6. The van der Waals surface area contributed by atoms with E-state index in [-0.39, 0.29) is 17.2 Å². The van der Waals surface area contributed by atoms with Gasteiger partial charge >= 0.3 is 0 Å². The molecule has 35 heavy (non-hydrogen) atoms. The van der Waals surface area contributed by atoms with E-state index < -0.39 is 13.9 Å². The average Bonchev–Trinajstić information content (AvgIpc) is 3.19. The van der Waals surface area contributed by atoms with Crippen molar-refractivity contribution in [1.29, 1.82) is 0 Å². The van der Waals surface area contributed by atoms with Crippen molar-refractivity contribution in [2.24, 2.45) is 0 Å². The molecule has 1 aliphatic carbocycles. The van der Waals surface area contributed by atoms with Gasteiger partial charge in [-0.15, -0.1) is 11.3 Å². The van der Waals surface area contributed by atoms with Crippen molar-refractivity contribution in [1.82, 2.24) is 9.97 Å². The highest BCUT2D eigenvalue weighted by Gasteiger charge is 2.42. The lowest BCUT2D eigenvalue weighted by Crippen LogP contribution is -2.46. The van der Waals surface area contributed by atoms with E-state index in [0.29, 0.717) is 12.8 Å². The molecular formula is C28H41N3O2SSi. The zero-order valence-electron chi connectivity index (χ0n) is 22.5. The second-order valence-corrected chi connectivity index (χ2v) is 17.6. The Balaban J connectivity index is 1.54. The summed E-state index contributed by atoms with van der Waals surface area (Å²) < 4.78 is 7.67. The lowest BCUT2D eigenvalue weighted by molar-refractivity contribution is -0.0302. The summed E-state index contributed by atoms with van der Waals surface area (Å²) in [6, 6.07) is 10.7. The summed E-state index contributed by atoms with van der Waals surface area (Å²) in [6.45, 7) is 17.7. The van der Waals surface area contributed by atoms with Crippen LogP contribution in [0, 0.1) is 13.8 Å². The van der Waals surface area contributed by atoms with Gasteiger partial charge in [-0.25, -0.2) is 9.97 Å². The first-order valence-corrected chi connectivity index (χ1v) is 16.5. The number of benzene rings is 1. The van der Waals surface area contributed by atoms with Gasteiger partial charge in [0.1, 0.15) is 11.6 Å². The minimum absolute atomic E-state index is 0.115. The van der Waals surface area contributed by atoms with Crippen LogP contribution >= 0.6 is 11.3 Å². The molecule has 4 rings (SSSR count). The van der Waals surface area contributed by atoms with Crippen LogP contribution < -0.4 is 5.32 Å². The SMILES string of the molecule is Cc1cccc([C@@H](C)Nc2nc(C)nc3cc(C4(O)CCC(O[Si](C)(C)C(C)(C)C)CC4)sc23)c1. The maximum Gasteiger partial charge on any atom is 0.192 e. The number of aryl methyl sites for hydroxylation is 2. The molecule has 1 fully saturated rings. The van der Waals surface area contributed by atoms with E-state index in [1.165, 1.54) is 11.1 Å². The van der Waals surface area contributed by atoms with Crippen molar-refractivity contribution < 1.29 is 9.53 Å². The molecule has 2 N–H and O–H groups in total. The summed E-state index contributed by atoms with van der Waals surface area (Å²) in [6.07, 6.45) is 3.44. The normalized spacial score (nSPS) is 22.4. The molecule has 0 unspecified atom stereocenters. The highest BCUT2D eigenvalue weighted by molar-refractivity contribution is 7.19. The van der Waals surface area contributed by atoms with Crippen molar-refractivity contribution >= 4 is 35.7 Å². The van der Waals surface area contributed by atoms with E-state index in [2.05, 4.69) is 83.4 Å². The molecule has 1 aromatic carbocycles. The van der Waals surface area contributed by atoms with Gasteiger partial charge in [0.15, 0.2) is 8.32 Å². The van der Waals surface area contributed by atoms with Crippen molar-refractivity contribution in [2.75, 3.05) is 5.32 Å². The molecule has 1 saturated carbocycles. The van der Waals surface area contributed by atoms with E-state index in [1.807, 2.05) is 6.92 Å². The first kappa shape index (κ1) is 26.3. The predicted molar refractivity (Wildman–Crippen MR) is 150 cm³/mol. The molecule has 2 aromatic heterocycles. The van der Waals surface area contributed by atoms with Crippen LogP contribution in [0.25, 0.3) is 10.2 Å². The van der Waals surface area contributed by atoms with Gasteiger partial charge in [-0.05, 0) is 76.2 Å². The number of rotatable bonds is 6. The summed E-state index contributed by atoms with van der Waals surface area (Å²) in [5.41, 5.74) is 2.55. The lowest BCUT2D eigenvalue weighted by Gasteiger charge is -2.43. The fourth-order valence-corrected chi connectivity index (χ4v) is 7.25. The number of aliphatic hydroxyl groups is 1. The number of nitrogens with one attached hydrogen (secondary N) is 1. The zero-order valence-corrected chi connectivity index (χ0v) is 24.3. The number of fused-ring (bicyclic) bond motifs is 1. The van der Waals surface area contributed by atoms with E-state index in [1.54, 1.807) is 11.3 Å². The van der Waals surface area contributed by atoms with Crippen molar-refractivity contribution in [3.63, 3.8) is 0 Å². The third kappa shape index (κ3) is 5.63. The highest BCUT2D eigenvalue weighted by atomic mass is 32.1. The van der Waals surface area contributed by atoms with E-state index in [4.69, 9.17) is 14.4 Å². The summed E-state index contributed by atoms with van der Waals surface area (Å²) in [4.78, 5) is 10.4. The fourth-order valence-electron chi connectivity index (χ4n) is 4.63. The van der Waals surface area contributed by atoms with Gasteiger partial charge in [0.25, 0.3) is 0 Å².